The highest BCUT2D eigenvalue weighted by atomic mass is 32.1. The lowest BCUT2D eigenvalue weighted by atomic mass is 10.1. The molecule has 3 rings (SSSR count). The predicted molar refractivity (Wildman–Crippen MR) is 120 cm³/mol. The summed E-state index contributed by atoms with van der Waals surface area (Å²) in [6, 6.07) is 11.5. The minimum Gasteiger partial charge on any atom is -0.490 e. The van der Waals surface area contributed by atoms with E-state index >= 15 is 0 Å². The highest BCUT2D eigenvalue weighted by molar-refractivity contribution is 7.85. The average molecular weight is 442 g/mol. The molecule has 3 aromatic rings. The summed E-state index contributed by atoms with van der Waals surface area (Å²) in [6.45, 7) is 0.616. The van der Waals surface area contributed by atoms with Gasteiger partial charge >= 0.3 is 11.9 Å². The summed E-state index contributed by atoms with van der Waals surface area (Å²) in [5.41, 5.74) is 8.03. The number of nitrogens with one attached hydrogen (secondary N) is 1. The lowest BCUT2D eigenvalue weighted by Crippen LogP contribution is -2.32. The third-order valence-corrected chi connectivity index (χ3v) is 4.84. The van der Waals surface area contributed by atoms with Gasteiger partial charge in [-0.05, 0) is 47.5 Å². The van der Waals surface area contributed by atoms with Crippen LogP contribution in [0.5, 0.6) is 11.5 Å². The Labute approximate surface area is 183 Å². The van der Waals surface area contributed by atoms with Crippen molar-refractivity contribution >= 4 is 41.5 Å². The molecule has 1 unspecified atom stereocenters. The number of carboxylic acids is 2. The van der Waals surface area contributed by atoms with Crippen LogP contribution in [0.1, 0.15) is 11.1 Å². The predicted octanol–water partition coefficient (Wildman–Crippen LogP) is 2.94. The van der Waals surface area contributed by atoms with E-state index in [0.717, 1.165) is 16.5 Å². The molecule has 0 aliphatic carbocycles. The van der Waals surface area contributed by atoms with Crippen LogP contribution in [0.2, 0.25) is 0 Å². The van der Waals surface area contributed by atoms with Gasteiger partial charge in [-0.1, -0.05) is 12.1 Å². The molecule has 0 amide bonds. The lowest BCUT2D eigenvalue weighted by Gasteiger charge is -2.09. The van der Waals surface area contributed by atoms with E-state index in [0.29, 0.717) is 30.3 Å². The van der Waals surface area contributed by atoms with E-state index in [2.05, 4.69) is 17.6 Å². The molecule has 0 saturated heterocycles. The molecule has 0 saturated carbocycles. The number of benzene rings is 2. The Morgan fingerprint density at radius 3 is 2.35 bits per heavy atom. The van der Waals surface area contributed by atoms with Crippen LogP contribution in [0.3, 0.4) is 0 Å². The van der Waals surface area contributed by atoms with Crippen LogP contribution in [0.4, 0.5) is 0 Å². The molecule has 0 aliphatic heterocycles. The third-order valence-electron chi connectivity index (χ3n) is 4.52. The third kappa shape index (κ3) is 6.03. The number of aromatic nitrogens is 1. The standard InChI is InChI=1S/C22H22N2O6S/c23-18(21(25)26)10-14-12-24-19-6-5-16(11-17(14)19)30-8-7-29-15-3-1-13(2-4-15)9-20(31)22(27)28/h1-6,9,11-12,18,24,31H,7-8,10,23H2,(H,25,26)(H,27,28). The van der Waals surface area contributed by atoms with Gasteiger partial charge < -0.3 is 30.4 Å². The molecule has 31 heavy (non-hydrogen) atoms. The fourth-order valence-electron chi connectivity index (χ4n) is 2.94. The molecular formula is C22H22N2O6S. The first-order chi connectivity index (χ1) is 14.8. The van der Waals surface area contributed by atoms with E-state index in [1.807, 2.05) is 18.2 Å². The van der Waals surface area contributed by atoms with E-state index in [4.69, 9.17) is 25.4 Å². The Hall–Kier alpha value is -3.43. The van der Waals surface area contributed by atoms with Crippen molar-refractivity contribution in [1.82, 2.24) is 4.98 Å². The second kappa shape index (κ2) is 10.1. The van der Waals surface area contributed by atoms with Crippen LogP contribution in [-0.2, 0) is 16.0 Å². The molecule has 9 heteroatoms. The first kappa shape index (κ1) is 22.3. The topological polar surface area (TPSA) is 135 Å². The van der Waals surface area contributed by atoms with Crippen molar-refractivity contribution in [2.75, 3.05) is 13.2 Å². The molecule has 0 spiro atoms. The molecule has 1 heterocycles. The molecule has 1 atom stereocenters. The number of aliphatic carboxylic acids is 2. The maximum Gasteiger partial charge on any atom is 0.341 e. The van der Waals surface area contributed by atoms with Gasteiger partial charge in [0.25, 0.3) is 0 Å². The highest BCUT2D eigenvalue weighted by Gasteiger charge is 2.15. The van der Waals surface area contributed by atoms with Crippen LogP contribution in [-0.4, -0.2) is 46.4 Å². The quantitative estimate of drug-likeness (QED) is 0.185. The Morgan fingerprint density at radius 2 is 1.71 bits per heavy atom. The van der Waals surface area contributed by atoms with Gasteiger partial charge in [0.05, 0.1) is 4.91 Å². The molecule has 0 aliphatic rings. The number of hydrogen-bond donors (Lipinski definition) is 5. The molecule has 0 bridgehead atoms. The van der Waals surface area contributed by atoms with Crippen molar-refractivity contribution in [2.45, 2.75) is 12.5 Å². The second-order valence-corrected chi connectivity index (χ2v) is 7.25. The number of carbonyl (C=O) groups is 2. The molecule has 2 aromatic carbocycles. The van der Waals surface area contributed by atoms with E-state index in [1.165, 1.54) is 6.08 Å². The number of thiol groups is 1. The van der Waals surface area contributed by atoms with Crippen LogP contribution < -0.4 is 15.2 Å². The number of carboxylic acid groups (broad SMARTS) is 2. The Balaban J connectivity index is 1.54. The summed E-state index contributed by atoms with van der Waals surface area (Å²) in [5.74, 6) is -0.870. The van der Waals surface area contributed by atoms with Crippen molar-refractivity contribution < 1.29 is 29.3 Å². The largest absolute Gasteiger partial charge is 0.490 e. The molecular weight excluding hydrogens is 420 g/mol. The molecule has 8 nitrogen and oxygen atoms in total. The van der Waals surface area contributed by atoms with Crippen molar-refractivity contribution in [3.8, 4) is 11.5 Å². The molecule has 1 aromatic heterocycles. The number of ether oxygens (including phenoxy) is 2. The van der Waals surface area contributed by atoms with Crippen LogP contribution >= 0.6 is 12.6 Å². The Bertz CT molecular complexity index is 1110. The fourth-order valence-corrected chi connectivity index (χ4v) is 3.09. The lowest BCUT2D eigenvalue weighted by molar-refractivity contribution is -0.138. The average Bonchev–Trinajstić information content (AvgIpc) is 3.14. The zero-order valence-electron chi connectivity index (χ0n) is 16.4. The van der Waals surface area contributed by atoms with E-state index < -0.39 is 18.0 Å². The normalized spacial score (nSPS) is 12.5. The summed E-state index contributed by atoms with van der Waals surface area (Å²) >= 11 is 3.89. The SMILES string of the molecule is NC(Cc1c[nH]c2ccc(OCCOc3ccc(C=C(S)C(=O)O)cc3)cc12)C(=O)O. The Morgan fingerprint density at radius 1 is 1.06 bits per heavy atom. The first-order valence-electron chi connectivity index (χ1n) is 9.41. The van der Waals surface area contributed by atoms with Gasteiger partial charge in [-0.25, -0.2) is 4.79 Å². The van der Waals surface area contributed by atoms with Crippen LogP contribution in [0.15, 0.2) is 53.6 Å². The number of hydrogen-bond acceptors (Lipinski definition) is 6. The van der Waals surface area contributed by atoms with Crippen molar-refractivity contribution in [3.63, 3.8) is 0 Å². The van der Waals surface area contributed by atoms with Gasteiger partial charge in [0.15, 0.2) is 0 Å². The molecule has 162 valence electrons. The zero-order valence-corrected chi connectivity index (χ0v) is 17.3. The van der Waals surface area contributed by atoms with Gasteiger partial charge in [0, 0.05) is 23.5 Å². The molecule has 0 fully saturated rings. The fraction of sp³-hybridized carbons (Fsp3) is 0.182. The maximum absolute atomic E-state index is 11.0. The zero-order chi connectivity index (χ0) is 22.4. The van der Waals surface area contributed by atoms with Gasteiger partial charge in [0.2, 0.25) is 0 Å². The van der Waals surface area contributed by atoms with E-state index in [1.54, 1.807) is 30.5 Å². The number of H-pyrrole nitrogens is 1. The summed E-state index contributed by atoms with van der Waals surface area (Å²) in [7, 11) is 0. The van der Waals surface area contributed by atoms with Crippen molar-refractivity contribution in [1.29, 1.82) is 0 Å². The minimum atomic E-state index is -1.09. The highest BCUT2D eigenvalue weighted by Crippen LogP contribution is 2.25. The van der Waals surface area contributed by atoms with Gasteiger partial charge in [-0.2, -0.15) is 0 Å². The number of fused-ring (bicyclic) bond motifs is 1. The molecule has 5 N–H and O–H groups in total. The Kier molecular flexibility index (Phi) is 7.22. The minimum absolute atomic E-state index is 0.0467. The van der Waals surface area contributed by atoms with Crippen molar-refractivity contribution in [3.05, 3.63) is 64.7 Å². The van der Waals surface area contributed by atoms with Gasteiger partial charge in [0.1, 0.15) is 30.8 Å². The summed E-state index contributed by atoms with van der Waals surface area (Å²) in [5, 5.41) is 18.7. The smallest absolute Gasteiger partial charge is 0.341 e. The number of rotatable bonds is 10. The maximum atomic E-state index is 11.0. The van der Waals surface area contributed by atoms with Crippen LogP contribution in [0, 0.1) is 0 Å². The monoisotopic (exact) mass is 442 g/mol. The number of nitrogens with two attached hydrogens (primary N) is 1. The van der Waals surface area contributed by atoms with Crippen LogP contribution in [0.25, 0.3) is 17.0 Å². The second-order valence-electron chi connectivity index (χ2n) is 6.77. The van der Waals surface area contributed by atoms with E-state index in [9.17, 15) is 9.59 Å². The number of aromatic amines is 1. The van der Waals surface area contributed by atoms with E-state index in [-0.39, 0.29) is 11.3 Å². The van der Waals surface area contributed by atoms with Crippen molar-refractivity contribution in [2.24, 2.45) is 5.73 Å². The first-order valence-corrected chi connectivity index (χ1v) is 9.86. The summed E-state index contributed by atoms with van der Waals surface area (Å²) < 4.78 is 11.4. The van der Waals surface area contributed by atoms with Gasteiger partial charge in [-0.15, -0.1) is 12.6 Å². The molecule has 0 radical (unpaired) electrons. The van der Waals surface area contributed by atoms with Gasteiger partial charge in [-0.3, -0.25) is 4.79 Å². The summed E-state index contributed by atoms with van der Waals surface area (Å²) in [6.07, 6.45) is 3.42. The summed E-state index contributed by atoms with van der Waals surface area (Å²) in [4.78, 5) is 24.9.